The topological polar surface area (TPSA) is 72.6 Å². The number of hydrogen-bond donors (Lipinski definition) is 1. The first-order valence-electron chi connectivity index (χ1n) is 5.68. The Kier molecular flexibility index (Phi) is 2.77. The molecule has 2 rings (SSSR count). The summed E-state index contributed by atoms with van der Waals surface area (Å²) in [4.78, 5) is 25.2. The van der Waals surface area contributed by atoms with E-state index >= 15 is 0 Å². The van der Waals surface area contributed by atoms with Crippen molar-refractivity contribution in [2.75, 3.05) is 17.7 Å². The van der Waals surface area contributed by atoms with E-state index in [1.165, 1.54) is 12.0 Å². The van der Waals surface area contributed by atoms with E-state index in [0.29, 0.717) is 17.1 Å². The van der Waals surface area contributed by atoms with Crippen molar-refractivity contribution in [1.29, 1.82) is 0 Å². The number of ether oxygens (including phenoxy) is 1. The van der Waals surface area contributed by atoms with Crippen LogP contribution in [-0.4, -0.2) is 18.9 Å². The lowest BCUT2D eigenvalue weighted by atomic mass is 9.92. The maximum absolute atomic E-state index is 12.1. The lowest BCUT2D eigenvalue weighted by Crippen LogP contribution is -2.32. The van der Waals surface area contributed by atoms with E-state index in [1.54, 1.807) is 32.0 Å². The van der Waals surface area contributed by atoms with Gasteiger partial charge in [0.05, 0.1) is 23.9 Å². The Morgan fingerprint density at radius 1 is 1.33 bits per heavy atom. The van der Waals surface area contributed by atoms with Crippen LogP contribution in [0.15, 0.2) is 18.2 Å². The molecule has 96 valence electrons. The first-order chi connectivity index (χ1) is 8.36. The summed E-state index contributed by atoms with van der Waals surface area (Å²) in [6.45, 7) is 3.53. The van der Waals surface area contributed by atoms with Crippen molar-refractivity contribution in [2.24, 2.45) is 5.41 Å². The molecule has 5 heteroatoms. The molecule has 1 aromatic carbocycles. The van der Waals surface area contributed by atoms with Crippen LogP contribution in [0.4, 0.5) is 11.4 Å². The Morgan fingerprint density at radius 2 is 2.00 bits per heavy atom. The minimum atomic E-state index is -0.647. The van der Waals surface area contributed by atoms with Crippen LogP contribution in [0.3, 0.4) is 0 Å². The highest BCUT2D eigenvalue weighted by Crippen LogP contribution is 2.36. The van der Waals surface area contributed by atoms with Crippen molar-refractivity contribution in [3.8, 4) is 5.75 Å². The SMILES string of the molecule is COc1ccc(N2C(=O)CC(C)(C)C2=O)cc1N. The number of methoxy groups -OCH3 is 1. The maximum atomic E-state index is 12.1. The Balaban J connectivity index is 2.41. The molecule has 0 unspecified atom stereocenters. The summed E-state index contributed by atoms with van der Waals surface area (Å²) in [5.74, 6) is 0.128. The highest BCUT2D eigenvalue weighted by atomic mass is 16.5. The second kappa shape index (κ2) is 4.01. The van der Waals surface area contributed by atoms with Gasteiger partial charge < -0.3 is 10.5 Å². The van der Waals surface area contributed by atoms with Crippen LogP contribution in [0.1, 0.15) is 20.3 Å². The van der Waals surface area contributed by atoms with Gasteiger partial charge in [0.15, 0.2) is 0 Å². The number of amides is 2. The third-order valence-corrected chi connectivity index (χ3v) is 3.10. The van der Waals surface area contributed by atoms with Crippen molar-refractivity contribution in [2.45, 2.75) is 20.3 Å². The monoisotopic (exact) mass is 248 g/mol. The van der Waals surface area contributed by atoms with Crippen molar-refractivity contribution in [3.05, 3.63) is 18.2 Å². The van der Waals surface area contributed by atoms with E-state index in [4.69, 9.17) is 10.5 Å². The fraction of sp³-hybridized carbons (Fsp3) is 0.385. The molecule has 0 aromatic heterocycles. The summed E-state index contributed by atoms with van der Waals surface area (Å²) in [6, 6.07) is 4.89. The quantitative estimate of drug-likeness (QED) is 0.637. The van der Waals surface area contributed by atoms with E-state index < -0.39 is 5.41 Å². The van der Waals surface area contributed by atoms with Crippen molar-refractivity contribution >= 4 is 23.2 Å². The second-order valence-electron chi connectivity index (χ2n) is 5.02. The molecular weight excluding hydrogens is 232 g/mol. The minimum absolute atomic E-state index is 0.197. The van der Waals surface area contributed by atoms with Crippen LogP contribution in [-0.2, 0) is 9.59 Å². The summed E-state index contributed by atoms with van der Waals surface area (Å²) >= 11 is 0. The third kappa shape index (κ3) is 1.81. The summed E-state index contributed by atoms with van der Waals surface area (Å²) in [7, 11) is 1.51. The lowest BCUT2D eigenvalue weighted by molar-refractivity contribution is -0.124. The molecule has 1 heterocycles. The smallest absolute Gasteiger partial charge is 0.239 e. The fourth-order valence-corrected chi connectivity index (χ4v) is 2.07. The molecule has 0 bridgehead atoms. The number of anilines is 2. The van der Waals surface area contributed by atoms with Gasteiger partial charge in [0.2, 0.25) is 11.8 Å². The van der Waals surface area contributed by atoms with Crippen LogP contribution < -0.4 is 15.4 Å². The number of carbonyl (C=O) groups excluding carboxylic acids is 2. The van der Waals surface area contributed by atoms with Gasteiger partial charge >= 0.3 is 0 Å². The molecule has 0 saturated carbocycles. The number of carbonyl (C=O) groups is 2. The molecule has 2 amide bonds. The van der Waals surface area contributed by atoms with Crippen molar-refractivity contribution < 1.29 is 14.3 Å². The number of nitrogens with zero attached hydrogens (tertiary/aromatic N) is 1. The number of benzene rings is 1. The maximum Gasteiger partial charge on any atom is 0.239 e. The molecule has 0 aliphatic carbocycles. The normalized spacial score (nSPS) is 18.3. The zero-order valence-electron chi connectivity index (χ0n) is 10.7. The minimum Gasteiger partial charge on any atom is -0.495 e. The fourth-order valence-electron chi connectivity index (χ4n) is 2.07. The molecule has 18 heavy (non-hydrogen) atoms. The van der Waals surface area contributed by atoms with E-state index in [-0.39, 0.29) is 18.2 Å². The van der Waals surface area contributed by atoms with E-state index in [2.05, 4.69) is 0 Å². The first-order valence-corrected chi connectivity index (χ1v) is 5.68. The standard InChI is InChI=1S/C13H16N2O3/c1-13(2)7-11(16)15(12(13)17)8-4-5-10(18-3)9(14)6-8/h4-6H,7,14H2,1-3H3. The Labute approximate surface area is 106 Å². The molecule has 1 aromatic rings. The Morgan fingerprint density at radius 3 is 2.44 bits per heavy atom. The highest BCUT2D eigenvalue weighted by Gasteiger charge is 2.45. The van der Waals surface area contributed by atoms with Gasteiger partial charge in [-0.05, 0) is 18.2 Å². The van der Waals surface area contributed by atoms with Gasteiger partial charge in [0.1, 0.15) is 5.75 Å². The Hall–Kier alpha value is -2.04. The predicted octanol–water partition coefficient (Wildman–Crippen LogP) is 1.57. The molecule has 0 atom stereocenters. The van der Waals surface area contributed by atoms with Crippen LogP contribution in [0.25, 0.3) is 0 Å². The highest BCUT2D eigenvalue weighted by molar-refractivity contribution is 6.22. The van der Waals surface area contributed by atoms with Crippen LogP contribution in [0.5, 0.6) is 5.75 Å². The molecule has 1 saturated heterocycles. The van der Waals surface area contributed by atoms with Crippen LogP contribution >= 0.6 is 0 Å². The predicted molar refractivity (Wildman–Crippen MR) is 68.3 cm³/mol. The van der Waals surface area contributed by atoms with Gasteiger partial charge in [0.25, 0.3) is 0 Å². The van der Waals surface area contributed by atoms with Crippen molar-refractivity contribution in [1.82, 2.24) is 0 Å². The second-order valence-corrected chi connectivity index (χ2v) is 5.02. The molecule has 2 N–H and O–H groups in total. The number of rotatable bonds is 2. The molecule has 0 spiro atoms. The zero-order chi connectivity index (χ0) is 13.5. The summed E-state index contributed by atoms with van der Waals surface area (Å²) in [5.41, 5.74) is 6.03. The molecule has 5 nitrogen and oxygen atoms in total. The molecule has 0 radical (unpaired) electrons. The van der Waals surface area contributed by atoms with E-state index in [9.17, 15) is 9.59 Å². The summed E-state index contributed by atoms with van der Waals surface area (Å²) in [5, 5.41) is 0. The average molecular weight is 248 g/mol. The van der Waals surface area contributed by atoms with Gasteiger partial charge in [-0.15, -0.1) is 0 Å². The number of nitrogen functional groups attached to an aromatic ring is 1. The summed E-state index contributed by atoms with van der Waals surface area (Å²) < 4.78 is 5.04. The van der Waals surface area contributed by atoms with Crippen LogP contribution in [0, 0.1) is 5.41 Å². The van der Waals surface area contributed by atoms with Crippen LogP contribution in [0.2, 0.25) is 0 Å². The Bertz CT molecular complexity index is 523. The van der Waals surface area contributed by atoms with E-state index in [0.717, 1.165) is 0 Å². The third-order valence-electron chi connectivity index (χ3n) is 3.10. The van der Waals surface area contributed by atoms with E-state index in [1.807, 2.05) is 0 Å². The van der Waals surface area contributed by atoms with Gasteiger partial charge in [-0.2, -0.15) is 0 Å². The van der Waals surface area contributed by atoms with Gasteiger partial charge in [-0.25, -0.2) is 4.90 Å². The average Bonchev–Trinajstić information content (AvgIpc) is 2.48. The molecule has 1 aliphatic heterocycles. The van der Waals surface area contributed by atoms with Crippen molar-refractivity contribution in [3.63, 3.8) is 0 Å². The number of hydrogen-bond acceptors (Lipinski definition) is 4. The molecule has 1 aliphatic rings. The lowest BCUT2D eigenvalue weighted by Gasteiger charge is -2.18. The van der Waals surface area contributed by atoms with Gasteiger partial charge in [0, 0.05) is 6.42 Å². The molecule has 1 fully saturated rings. The number of nitrogens with two attached hydrogens (primary N) is 1. The zero-order valence-corrected chi connectivity index (χ0v) is 10.7. The molecular formula is C13H16N2O3. The number of imide groups is 1. The first kappa shape index (κ1) is 12.4. The van der Waals surface area contributed by atoms with Gasteiger partial charge in [-0.1, -0.05) is 13.8 Å². The summed E-state index contributed by atoms with van der Waals surface area (Å²) in [6.07, 6.45) is 0.220. The van der Waals surface area contributed by atoms with Gasteiger partial charge in [-0.3, -0.25) is 9.59 Å². The largest absolute Gasteiger partial charge is 0.495 e.